The number of amides is 1. The number of carbonyl (C=O) groups excluding carboxylic acids is 1. The fourth-order valence-electron chi connectivity index (χ4n) is 1.60. The highest BCUT2D eigenvalue weighted by Gasteiger charge is 2.18. The number of hydrogen-bond acceptors (Lipinski definition) is 6. The van der Waals surface area contributed by atoms with Crippen LogP contribution >= 0.6 is 11.3 Å². The van der Waals surface area contributed by atoms with Gasteiger partial charge in [0, 0.05) is 18.0 Å². The summed E-state index contributed by atoms with van der Waals surface area (Å²) in [4.78, 5) is 13.1. The molecule has 1 atom stereocenters. The molecule has 18 heavy (non-hydrogen) atoms. The predicted octanol–water partition coefficient (Wildman–Crippen LogP) is 0.774. The van der Waals surface area contributed by atoms with Gasteiger partial charge in [-0.25, -0.2) is 0 Å². The molecule has 0 fully saturated rings. The summed E-state index contributed by atoms with van der Waals surface area (Å²) in [6, 6.07) is 1.64. The van der Waals surface area contributed by atoms with Gasteiger partial charge >= 0.3 is 0 Å². The highest BCUT2D eigenvalue weighted by Crippen LogP contribution is 2.31. The monoisotopic (exact) mass is 266 g/mol. The molecule has 0 spiro atoms. The summed E-state index contributed by atoms with van der Waals surface area (Å²) >= 11 is 1.22. The van der Waals surface area contributed by atoms with Gasteiger partial charge in [0.1, 0.15) is 9.71 Å². The number of thiophene rings is 1. The van der Waals surface area contributed by atoms with Crippen molar-refractivity contribution in [3.63, 3.8) is 0 Å². The minimum atomic E-state index is -0.239. The van der Waals surface area contributed by atoms with Crippen molar-refractivity contribution in [2.75, 3.05) is 12.3 Å². The second kappa shape index (κ2) is 5.28. The summed E-state index contributed by atoms with van der Waals surface area (Å²) in [7, 11) is 0. The van der Waals surface area contributed by atoms with Crippen LogP contribution in [0.3, 0.4) is 0 Å². The lowest BCUT2D eigenvalue weighted by molar-refractivity contribution is 0.0939. The predicted molar refractivity (Wildman–Crippen MR) is 70.5 cm³/mol. The van der Waals surface area contributed by atoms with Crippen LogP contribution in [0.4, 0.5) is 5.69 Å². The zero-order valence-corrected chi connectivity index (χ0v) is 10.7. The van der Waals surface area contributed by atoms with Gasteiger partial charge in [-0.05, 0) is 19.4 Å². The summed E-state index contributed by atoms with van der Waals surface area (Å²) in [6.45, 7) is 1.87. The van der Waals surface area contributed by atoms with E-state index in [0.717, 1.165) is 5.39 Å². The fraction of sp³-hybridized carbons (Fsp3) is 0.364. The van der Waals surface area contributed by atoms with Crippen molar-refractivity contribution in [2.45, 2.75) is 19.4 Å². The molecule has 4 N–H and O–H groups in total. The third-order valence-electron chi connectivity index (χ3n) is 2.57. The lowest BCUT2D eigenvalue weighted by atomic mass is 10.2. The Bertz CT molecular complexity index is 569. The van der Waals surface area contributed by atoms with Gasteiger partial charge < -0.3 is 16.2 Å². The molecule has 0 aliphatic rings. The van der Waals surface area contributed by atoms with Crippen LogP contribution in [0.25, 0.3) is 10.2 Å². The highest BCUT2D eigenvalue weighted by atomic mass is 32.1. The molecule has 7 heteroatoms. The number of aliphatic hydroxyl groups excluding tert-OH is 1. The number of rotatable bonds is 4. The van der Waals surface area contributed by atoms with E-state index in [1.165, 1.54) is 11.3 Å². The first-order chi connectivity index (χ1) is 8.63. The molecule has 0 aliphatic carbocycles. The van der Waals surface area contributed by atoms with Crippen LogP contribution in [0.15, 0.2) is 12.3 Å². The maximum Gasteiger partial charge on any atom is 0.263 e. The summed E-state index contributed by atoms with van der Waals surface area (Å²) in [6.07, 6.45) is 2.05. The minimum absolute atomic E-state index is 0.0365. The van der Waals surface area contributed by atoms with Crippen LogP contribution in [0.5, 0.6) is 0 Å². The summed E-state index contributed by atoms with van der Waals surface area (Å²) in [5.41, 5.74) is 6.35. The fourth-order valence-corrected chi connectivity index (χ4v) is 2.54. The Morgan fingerprint density at radius 3 is 3.11 bits per heavy atom. The zero-order chi connectivity index (χ0) is 13.1. The second-order valence-corrected chi connectivity index (χ2v) is 4.98. The van der Waals surface area contributed by atoms with Gasteiger partial charge in [-0.2, -0.15) is 5.10 Å². The number of hydrogen-bond donors (Lipinski definition) is 3. The summed E-state index contributed by atoms with van der Waals surface area (Å²) in [5.74, 6) is -0.239. The molecule has 0 bridgehead atoms. The lowest BCUT2D eigenvalue weighted by Gasteiger charge is -2.11. The molecule has 96 valence electrons. The first-order valence-corrected chi connectivity index (χ1v) is 6.36. The molecular weight excluding hydrogens is 252 g/mol. The summed E-state index contributed by atoms with van der Waals surface area (Å²) in [5, 5.41) is 20.0. The van der Waals surface area contributed by atoms with Crippen LogP contribution in [0.1, 0.15) is 23.0 Å². The van der Waals surface area contributed by atoms with Crippen molar-refractivity contribution in [1.29, 1.82) is 0 Å². The average Bonchev–Trinajstić information content (AvgIpc) is 2.68. The normalized spacial score (nSPS) is 12.6. The topological polar surface area (TPSA) is 101 Å². The van der Waals surface area contributed by atoms with Gasteiger partial charge in [0.05, 0.1) is 11.9 Å². The first kappa shape index (κ1) is 12.7. The third-order valence-corrected chi connectivity index (χ3v) is 3.67. The largest absolute Gasteiger partial charge is 0.397 e. The molecule has 0 radical (unpaired) electrons. The average molecular weight is 266 g/mol. The van der Waals surface area contributed by atoms with Crippen LogP contribution in [0.2, 0.25) is 0 Å². The standard InChI is InChI=1S/C11H14N4O2S/c1-6(3-5-16)14-10(17)9-8(12)7-2-4-13-15-11(7)18-9/h2,4,6,16H,3,5,12H2,1H3,(H,14,17). The first-order valence-electron chi connectivity index (χ1n) is 5.55. The highest BCUT2D eigenvalue weighted by molar-refractivity contribution is 7.21. The van der Waals surface area contributed by atoms with E-state index < -0.39 is 0 Å². The van der Waals surface area contributed by atoms with E-state index in [0.29, 0.717) is 21.8 Å². The van der Waals surface area contributed by atoms with Crippen molar-refractivity contribution >= 4 is 33.1 Å². The van der Waals surface area contributed by atoms with Gasteiger partial charge in [0.15, 0.2) is 0 Å². The van der Waals surface area contributed by atoms with Gasteiger partial charge in [-0.1, -0.05) is 0 Å². The van der Waals surface area contributed by atoms with Crippen molar-refractivity contribution in [3.8, 4) is 0 Å². The third kappa shape index (κ3) is 2.41. The molecular formula is C11H14N4O2S. The molecule has 0 saturated carbocycles. The van der Waals surface area contributed by atoms with Crippen molar-refractivity contribution in [1.82, 2.24) is 15.5 Å². The van der Waals surface area contributed by atoms with Gasteiger partial charge in [-0.3, -0.25) is 4.79 Å². The van der Waals surface area contributed by atoms with E-state index in [2.05, 4.69) is 15.5 Å². The Morgan fingerprint density at radius 2 is 2.44 bits per heavy atom. The van der Waals surface area contributed by atoms with Gasteiger partial charge in [-0.15, -0.1) is 16.4 Å². The lowest BCUT2D eigenvalue weighted by Crippen LogP contribution is -2.33. The maximum atomic E-state index is 12.0. The van der Waals surface area contributed by atoms with E-state index >= 15 is 0 Å². The van der Waals surface area contributed by atoms with Crippen LogP contribution in [-0.4, -0.2) is 33.9 Å². The summed E-state index contributed by atoms with van der Waals surface area (Å²) < 4.78 is 0. The Labute approximate surface area is 108 Å². The number of nitrogen functional groups attached to an aromatic ring is 1. The number of aliphatic hydroxyl groups is 1. The molecule has 6 nitrogen and oxygen atoms in total. The number of nitrogens with two attached hydrogens (primary N) is 1. The number of carbonyl (C=O) groups is 1. The second-order valence-electron chi connectivity index (χ2n) is 3.98. The number of nitrogens with zero attached hydrogens (tertiary/aromatic N) is 2. The minimum Gasteiger partial charge on any atom is -0.397 e. The molecule has 0 aromatic carbocycles. The van der Waals surface area contributed by atoms with E-state index in [4.69, 9.17) is 10.8 Å². The van der Waals surface area contributed by atoms with Crippen molar-refractivity contribution in [2.24, 2.45) is 0 Å². The van der Waals surface area contributed by atoms with E-state index in [1.54, 1.807) is 12.3 Å². The van der Waals surface area contributed by atoms with Crippen molar-refractivity contribution in [3.05, 3.63) is 17.1 Å². The van der Waals surface area contributed by atoms with Crippen LogP contribution < -0.4 is 11.1 Å². The molecule has 1 unspecified atom stereocenters. The zero-order valence-electron chi connectivity index (χ0n) is 9.88. The number of nitrogens with one attached hydrogen (secondary N) is 1. The molecule has 0 saturated heterocycles. The van der Waals surface area contributed by atoms with Crippen LogP contribution in [0, 0.1) is 0 Å². The van der Waals surface area contributed by atoms with Gasteiger partial charge in [0.2, 0.25) is 0 Å². The molecule has 1 amide bonds. The Morgan fingerprint density at radius 1 is 1.67 bits per heavy atom. The smallest absolute Gasteiger partial charge is 0.263 e. The van der Waals surface area contributed by atoms with Gasteiger partial charge in [0.25, 0.3) is 5.91 Å². The molecule has 0 aliphatic heterocycles. The SMILES string of the molecule is CC(CCO)NC(=O)c1sc2nnccc2c1N. The molecule has 2 aromatic rings. The maximum absolute atomic E-state index is 12.0. The number of anilines is 1. The van der Waals surface area contributed by atoms with E-state index in [9.17, 15) is 4.79 Å². The Kier molecular flexibility index (Phi) is 3.73. The molecule has 2 aromatic heterocycles. The number of fused-ring (bicyclic) bond motifs is 1. The number of aromatic nitrogens is 2. The quantitative estimate of drug-likeness (QED) is 0.759. The Hall–Kier alpha value is -1.73. The molecule has 2 rings (SSSR count). The van der Waals surface area contributed by atoms with Crippen LogP contribution in [-0.2, 0) is 0 Å². The molecule has 2 heterocycles. The van der Waals surface area contributed by atoms with E-state index in [-0.39, 0.29) is 18.6 Å². The Balaban J connectivity index is 2.25. The van der Waals surface area contributed by atoms with Crippen molar-refractivity contribution < 1.29 is 9.90 Å². The van der Waals surface area contributed by atoms with E-state index in [1.807, 2.05) is 6.92 Å².